The van der Waals surface area contributed by atoms with E-state index in [0.29, 0.717) is 5.92 Å². The minimum Gasteiger partial charge on any atom is -0.398 e. The summed E-state index contributed by atoms with van der Waals surface area (Å²) in [5.74, 6) is 0.448. The molecule has 0 saturated heterocycles. The van der Waals surface area contributed by atoms with Crippen LogP contribution in [0.4, 0.5) is 5.69 Å². The number of aliphatic hydroxyl groups is 1. The maximum atomic E-state index is 9.89. The van der Waals surface area contributed by atoms with Crippen LogP contribution in [-0.4, -0.2) is 5.11 Å². The van der Waals surface area contributed by atoms with Gasteiger partial charge in [0.1, 0.15) is 0 Å². The zero-order valence-electron chi connectivity index (χ0n) is 7.83. The lowest BCUT2D eigenvalue weighted by molar-refractivity contribution is 0.154. The molecule has 1 atom stereocenters. The zero-order chi connectivity index (χ0) is 9.42. The van der Waals surface area contributed by atoms with E-state index in [4.69, 9.17) is 5.73 Å². The van der Waals surface area contributed by atoms with Crippen molar-refractivity contribution in [2.75, 3.05) is 5.73 Å². The zero-order valence-corrected chi connectivity index (χ0v) is 7.83. The largest absolute Gasteiger partial charge is 0.398 e. The number of hydrogen-bond acceptors (Lipinski definition) is 2. The molecule has 1 aromatic carbocycles. The van der Waals surface area contributed by atoms with Gasteiger partial charge in [0.05, 0.1) is 6.10 Å². The second-order valence-corrected chi connectivity index (χ2v) is 3.86. The lowest BCUT2D eigenvalue weighted by atomic mass is 10.0. The van der Waals surface area contributed by atoms with Crippen molar-refractivity contribution in [3.63, 3.8) is 0 Å². The van der Waals surface area contributed by atoms with Crippen LogP contribution < -0.4 is 5.73 Å². The van der Waals surface area contributed by atoms with Crippen molar-refractivity contribution < 1.29 is 5.11 Å². The van der Waals surface area contributed by atoms with Crippen LogP contribution in [0.1, 0.15) is 30.1 Å². The molecule has 1 saturated carbocycles. The van der Waals surface area contributed by atoms with E-state index >= 15 is 0 Å². The molecule has 1 fully saturated rings. The minimum atomic E-state index is -0.347. The monoisotopic (exact) mass is 177 g/mol. The molecular weight excluding hydrogens is 162 g/mol. The van der Waals surface area contributed by atoms with E-state index in [1.807, 2.05) is 25.1 Å². The lowest BCUT2D eigenvalue weighted by Crippen LogP contribution is -2.05. The Balaban J connectivity index is 2.32. The maximum Gasteiger partial charge on any atom is 0.0838 e. The van der Waals surface area contributed by atoms with Crippen molar-refractivity contribution in [2.45, 2.75) is 25.9 Å². The maximum absolute atomic E-state index is 9.89. The first kappa shape index (κ1) is 8.57. The van der Waals surface area contributed by atoms with Gasteiger partial charge in [-0.1, -0.05) is 18.2 Å². The summed E-state index contributed by atoms with van der Waals surface area (Å²) in [6.45, 7) is 1.97. The van der Waals surface area contributed by atoms with Crippen LogP contribution in [0.2, 0.25) is 0 Å². The third kappa shape index (κ3) is 1.54. The molecule has 1 aromatic rings. The summed E-state index contributed by atoms with van der Waals surface area (Å²) < 4.78 is 0. The quantitative estimate of drug-likeness (QED) is 0.679. The summed E-state index contributed by atoms with van der Waals surface area (Å²) in [6.07, 6.45) is 1.92. The highest BCUT2D eigenvalue weighted by Crippen LogP contribution is 2.42. The van der Waals surface area contributed by atoms with Gasteiger partial charge in [0.2, 0.25) is 0 Å². The second kappa shape index (κ2) is 3.04. The van der Waals surface area contributed by atoms with Gasteiger partial charge in [-0.25, -0.2) is 0 Å². The summed E-state index contributed by atoms with van der Waals surface area (Å²) in [5.41, 5.74) is 8.60. The first-order valence-electron chi connectivity index (χ1n) is 4.73. The normalized spacial score (nSPS) is 18.6. The number of aryl methyl sites for hydroxylation is 1. The number of benzene rings is 1. The molecule has 0 heterocycles. The van der Waals surface area contributed by atoms with Gasteiger partial charge in [-0.3, -0.25) is 0 Å². The van der Waals surface area contributed by atoms with Crippen molar-refractivity contribution in [1.29, 1.82) is 0 Å². The number of aliphatic hydroxyl groups excluding tert-OH is 1. The summed E-state index contributed by atoms with van der Waals surface area (Å²) in [5, 5.41) is 9.89. The van der Waals surface area contributed by atoms with E-state index in [1.165, 1.54) is 0 Å². The van der Waals surface area contributed by atoms with E-state index in [1.54, 1.807) is 0 Å². The summed E-state index contributed by atoms with van der Waals surface area (Å²) in [4.78, 5) is 0. The Morgan fingerprint density at radius 3 is 2.77 bits per heavy atom. The molecule has 0 amide bonds. The topological polar surface area (TPSA) is 46.2 Å². The molecule has 13 heavy (non-hydrogen) atoms. The van der Waals surface area contributed by atoms with Gasteiger partial charge in [0.25, 0.3) is 0 Å². The number of para-hydroxylation sites is 1. The highest BCUT2D eigenvalue weighted by Gasteiger charge is 2.31. The molecule has 2 heteroatoms. The predicted molar refractivity (Wildman–Crippen MR) is 53.3 cm³/mol. The Bertz CT molecular complexity index is 318. The molecule has 2 nitrogen and oxygen atoms in total. The van der Waals surface area contributed by atoms with Crippen molar-refractivity contribution in [2.24, 2.45) is 5.92 Å². The molecule has 0 aromatic heterocycles. The first-order valence-corrected chi connectivity index (χ1v) is 4.73. The lowest BCUT2D eigenvalue weighted by Gasteiger charge is -2.13. The molecule has 0 bridgehead atoms. The van der Waals surface area contributed by atoms with Crippen LogP contribution in [0.25, 0.3) is 0 Å². The van der Waals surface area contributed by atoms with E-state index in [0.717, 1.165) is 29.7 Å². The number of hydrogen-bond donors (Lipinski definition) is 2. The van der Waals surface area contributed by atoms with E-state index in [-0.39, 0.29) is 6.10 Å². The molecule has 1 aliphatic rings. The Morgan fingerprint density at radius 2 is 2.15 bits per heavy atom. The molecule has 2 rings (SSSR count). The molecule has 1 aliphatic carbocycles. The average molecular weight is 177 g/mol. The number of rotatable bonds is 2. The number of anilines is 1. The Labute approximate surface area is 78.4 Å². The highest BCUT2D eigenvalue weighted by molar-refractivity contribution is 5.54. The van der Waals surface area contributed by atoms with Gasteiger partial charge in [-0.15, -0.1) is 0 Å². The van der Waals surface area contributed by atoms with Crippen molar-refractivity contribution in [3.05, 3.63) is 29.3 Å². The third-order valence-electron chi connectivity index (χ3n) is 2.75. The molecule has 0 radical (unpaired) electrons. The van der Waals surface area contributed by atoms with Crippen molar-refractivity contribution >= 4 is 5.69 Å². The van der Waals surface area contributed by atoms with Crippen LogP contribution in [0.15, 0.2) is 18.2 Å². The molecule has 0 aliphatic heterocycles. The SMILES string of the molecule is Cc1cccc(C(O)C2CC2)c1N. The summed E-state index contributed by atoms with van der Waals surface area (Å²) in [6, 6.07) is 5.84. The van der Waals surface area contributed by atoms with Gasteiger partial charge >= 0.3 is 0 Å². The summed E-state index contributed by atoms with van der Waals surface area (Å²) in [7, 11) is 0. The molecular formula is C11H15NO. The number of nitrogen functional groups attached to an aromatic ring is 1. The fraction of sp³-hybridized carbons (Fsp3) is 0.455. The number of nitrogens with two attached hydrogens (primary N) is 1. The Kier molecular flexibility index (Phi) is 2.00. The van der Waals surface area contributed by atoms with Crippen LogP contribution in [0.5, 0.6) is 0 Å². The Morgan fingerprint density at radius 1 is 1.46 bits per heavy atom. The average Bonchev–Trinajstić information content (AvgIpc) is 2.91. The van der Waals surface area contributed by atoms with Crippen LogP contribution in [0, 0.1) is 12.8 Å². The van der Waals surface area contributed by atoms with Crippen molar-refractivity contribution in [3.8, 4) is 0 Å². The second-order valence-electron chi connectivity index (χ2n) is 3.86. The standard InChI is InChI=1S/C11H15NO/c1-7-3-2-4-9(10(7)12)11(13)8-5-6-8/h2-4,8,11,13H,5-6,12H2,1H3. The fourth-order valence-corrected chi connectivity index (χ4v) is 1.63. The Hall–Kier alpha value is -1.02. The molecule has 0 spiro atoms. The minimum absolute atomic E-state index is 0.347. The summed E-state index contributed by atoms with van der Waals surface area (Å²) >= 11 is 0. The van der Waals surface area contributed by atoms with E-state index in [2.05, 4.69) is 0 Å². The smallest absolute Gasteiger partial charge is 0.0838 e. The van der Waals surface area contributed by atoms with Crippen molar-refractivity contribution in [1.82, 2.24) is 0 Å². The van der Waals surface area contributed by atoms with Gasteiger partial charge in [-0.2, -0.15) is 0 Å². The first-order chi connectivity index (χ1) is 6.20. The van der Waals surface area contributed by atoms with Gasteiger partial charge < -0.3 is 10.8 Å². The van der Waals surface area contributed by atoms with Gasteiger partial charge in [0.15, 0.2) is 0 Å². The van der Waals surface area contributed by atoms with E-state index < -0.39 is 0 Å². The molecule has 3 N–H and O–H groups in total. The van der Waals surface area contributed by atoms with Gasteiger partial charge in [0, 0.05) is 11.3 Å². The third-order valence-corrected chi connectivity index (χ3v) is 2.75. The van der Waals surface area contributed by atoms with Crippen LogP contribution in [-0.2, 0) is 0 Å². The van der Waals surface area contributed by atoms with Crippen LogP contribution in [0.3, 0.4) is 0 Å². The highest BCUT2D eigenvalue weighted by atomic mass is 16.3. The van der Waals surface area contributed by atoms with Gasteiger partial charge in [-0.05, 0) is 31.2 Å². The fourth-order valence-electron chi connectivity index (χ4n) is 1.63. The molecule has 1 unspecified atom stereocenters. The van der Waals surface area contributed by atoms with Crippen LogP contribution >= 0.6 is 0 Å². The predicted octanol–water partition coefficient (Wildman–Crippen LogP) is 2.02. The molecule has 70 valence electrons. The van der Waals surface area contributed by atoms with E-state index in [9.17, 15) is 5.11 Å².